The van der Waals surface area contributed by atoms with Crippen LogP contribution in [0, 0.1) is 0 Å². The van der Waals surface area contributed by atoms with Crippen LogP contribution in [-0.4, -0.2) is 33.1 Å². The topological polar surface area (TPSA) is 77.0 Å². The molecule has 2 N–H and O–H groups in total. The molecule has 2 aromatic carbocycles. The van der Waals surface area contributed by atoms with Gasteiger partial charge in [-0.3, -0.25) is 4.79 Å². The zero-order valence-electron chi connectivity index (χ0n) is 14.3. The fourth-order valence-electron chi connectivity index (χ4n) is 2.44. The van der Waals surface area contributed by atoms with Crippen molar-refractivity contribution in [1.29, 1.82) is 0 Å². The van der Waals surface area contributed by atoms with Gasteiger partial charge in [-0.05, 0) is 31.2 Å². The largest absolute Gasteiger partial charge is 0.335 e. The van der Waals surface area contributed by atoms with Gasteiger partial charge in [0, 0.05) is 22.8 Å². The molecule has 0 unspecified atom stereocenters. The summed E-state index contributed by atoms with van der Waals surface area (Å²) in [5.41, 5.74) is 1.68. The molecule has 26 heavy (non-hydrogen) atoms. The van der Waals surface area contributed by atoms with Gasteiger partial charge in [0.05, 0.1) is 5.25 Å². The summed E-state index contributed by atoms with van der Waals surface area (Å²) in [6, 6.07) is 17.1. The molecule has 0 bridgehead atoms. The monoisotopic (exact) mass is 431 g/mol. The van der Waals surface area contributed by atoms with Crippen LogP contribution < -0.4 is 10.7 Å². The molecule has 6 nitrogen and oxygen atoms in total. The number of rotatable bonds is 5. The number of halogens is 1. The maximum Gasteiger partial charge on any atom is 0.240 e. The number of aromatic nitrogens is 3. The van der Waals surface area contributed by atoms with Crippen LogP contribution in [0.4, 0.5) is 5.69 Å². The third kappa shape index (κ3) is 3.76. The SMILES string of the molecule is C[C@H](Sc1nnc(-c2ccccc2Br)n1N)C(=O)N(C)c1ccccc1. The molecule has 0 aliphatic rings. The standard InChI is InChI=1S/C18H18BrN5OS/c1-12(17(25)23(2)13-8-4-3-5-9-13)26-18-22-21-16(24(18)20)14-10-6-7-11-15(14)19/h3-12H,20H2,1-2H3/t12-/m0/s1. The molecule has 0 aliphatic carbocycles. The van der Waals surface area contributed by atoms with Crippen LogP contribution in [0.3, 0.4) is 0 Å². The molecule has 1 aromatic heterocycles. The van der Waals surface area contributed by atoms with E-state index in [1.165, 1.54) is 16.4 Å². The number of amides is 1. The summed E-state index contributed by atoms with van der Waals surface area (Å²) in [6.45, 7) is 1.83. The molecule has 1 atom stereocenters. The first kappa shape index (κ1) is 18.5. The van der Waals surface area contributed by atoms with E-state index in [2.05, 4.69) is 26.1 Å². The summed E-state index contributed by atoms with van der Waals surface area (Å²) in [6.07, 6.45) is 0. The lowest BCUT2D eigenvalue weighted by Crippen LogP contribution is -2.33. The minimum atomic E-state index is -0.362. The molecular weight excluding hydrogens is 414 g/mol. The number of benzene rings is 2. The lowest BCUT2D eigenvalue weighted by Gasteiger charge is -2.20. The van der Waals surface area contributed by atoms with Crippen LogP contribution in [0.25, 0.3) is 11.4 Å². The van der Waals surface area contributed by atoms with E-state index in [1.54, 1.807) is 11.9 Å². The zero-order chi connectivity index (χ0) is 18.7. The molecule has 0 radical (unpaired) electrons. The fourth-order valence-corrected chi connectivity index (χ4v) is 3.77. The van der Waals surface area contributed by atoms with Gasteiger partial charge in [-0.15, -0.1) is 10.2 Å². The van der Waals surface area contributed by atoms with E-state index in [0.717, 1.165) is 15.7 Å². The van der Waals surface area contributed by atoms with Crippen LogP contribution in [0.2, 0.25) is 0 Å². The highest BCUT2D eigenvalue weighted by Crippen LogP contribution is 2.30. The van der Waals surface area contributed by atoms with Crippen molar-refractivity contribution >= 4 is 39.3 Å². The van der Waals surface area contributed by atoms with Gasteiger partial charge < -0.3 is 10.7 Å². The second kappa shape index (κ2) is 7.92. The van der Waals surface area contributed by atoms with E-state index in [0.29, 0.717) is 11.0 Å². The number of thioether (sulfide) groups is 1. The quantitative estimate of drug-likeness (QED) is 0.493. The van der Waals surface area contributed by atoms with Crippen LogP contribution in [0.1, 0.15) is 6.92 Å². The number of anilines is 1. The van der Waals surface area contributed by atoms with Gasteiger partial charge in [-0.1, -0.05) is 58.0 Å². The Labute approximate surface area is 164 Å². The first-order valence-corrected chi connectivity index (χ1v) is 9.61. The first-order chi connectivity index (χ1) is 12.5. The number of carbonyl (C=O) groups excluding carboxylic acids is 1. The number of hydrogen-bond donors (Lipinski definition) is 1. The molecule has 1 amide bonds. The smallest absolute Gasteiger partial charge is 0.240 e. The Morgan fingerprint density at radius 2 is 1.81 bits per heavy atom. The Kier molecular flexibility index (Phi) is 5.63. The van der Waals surface area contributed by atoms with Crippen molar-refractivity contribution in [3.63, 3.8) is 0 Å². The number of nitrogen functional groups attached to an aromatic ring is 1. The molecule has 0 fully saturated rings. The summed E-state index contributed by atoms with van der Waals surface area (Å²) >= 11 is 4.77. The Bertz CT molecular complexity index is 915. The molecule has 0 saturated heterocycles. The Hall–Kier alpha value is -2.32. The number of para-hydroxylation sites is 1. The van der Waals surface area contributed by atoms with E-state index in [1.807, 2.05) is 61.5 Å². The van der Waals surface area contributed by atoms with Crippen LogP contribution in [0.5, 0.6) is 0 Å². The highest BCUT2D eigenvalue weighted by molar-refractivity contribution is 9.10. The van der Waals surface area contributed by atoms with Crippen molar-refractivity contribution in [2.24, 2.45) is 0 Å². The second-order valence-electron chi connectivity index (χ2n) is 5.65. The van der Waals surface area contributed by atoms with E-state index in [9.17, 15) is 4.79 Å². The normalized spacial score (nSPS) is 12.0. The van der Waals surface area contributed by atoms with E-state index in [-0.39, 0.29) is 11.2 Å². The highest BCUT2D eigenvalue weighted by atomic mass is 79.9. The van der Waals surface area contributed by atoms with Crippen molar-refractivity contribution in [3.8, 4) is 11.4 Å². The van der Waals surface area contributed by atoms with Crippen molar-refractivity contribution in [3.05, 3.63) is 59.1 Å². The average Bonchev–Trinajstić information content (AvgIpc) is 3.02. The fraction of sp³-hybridized carbons (Fsp3) is 0.167. The van der Waals surface area contributed by atoms with Crippen LogP contribution in [0.15, 0.2) is 64.2 Å². The second-order valence-corrected chi connectivity index (χ2v) is 7.81. The van der Waals surface area contributed by atoms with Gasteiger partial charge >= 0.3 is 0 Å². The number of hydrogen-bond acceptors (Lipinski definition) is 5. The van der Waals surface area contributed by atoms with E-state index in [4.69, 9.17) is 5.84 Å². The lowest BCUT2D eigenvalue weighted by atomic mass is 10.2. The summed E-state index contributed by atoms with van der Waals surface area (Å²) in [5, 5.41) is 8.44. The zero-order valence-corrected chi connectivity index (χ0v) is 16.7. The molecule has 8 heteroatoms. The van der Waals surface area contributed by atoms with Gasteiger partial charge in [0.2, 0.25) is 11.1 Å². The molecule has 0 spiro atoms. The minimum absolute atomic E-state index is 0.0355. The predicted octanol–water partition coefficient (Wildman–Crippen LogP) is 3.57. The maximum absolute atomic E-state index is 12.7. The molecule has 1 heterocycles. The van der Waals surface area contributed by atoms with Gasteiger partial charge in [0.15, 0.2) is 5.82 Å². The van der Waals surface area contributed by atoms with Crippen molar-refractivity contribution < 1.29 is 4.79 Å². The Balaban J connectivity index is 1.77. The van der Waals surface area contributed by atoms with Crippen LogP contribution >= 0.6 is 27.7 Å². The van der Waals surface area contributed by atoms with Gasteiger partial charge in [-0.2, -0.15) is 0 Å². The summed E-state index contributed by atoms with van der Waals surface area (Å²) in [7, 11) is 1.76. The van der Waals surface area contributed by atoms with Gasteiger partial charge in [0.1, 0.15) is 0 Å². The predicted molar refractivity (Wildman–Crippen MR) is 108 cm³/mol. The van der Waals surface area contributed by atoms with Gasteiger partial charge in [-0.25, -0.2) is 4.68 Å². The maximum atomic E-state index is 12.7. The Morgan fingerprint density at radius 3 is 2.50 bits per heavy atom. The molecule has 134 valence electrons. The average molecular weight is 432 g/mol. The van der Waals surface area contributed by atoms with Gasteiger partial charge in [0.25, 0.3) is 0 Å². The van der Waals surface area contributed by atoms with Crippen molar-refractivity contribution in [2.45, 2.75) is 17.3 Å². The minimum Gasteiger partial charge on any atom is -0.335 e. The van der Waals surface area contributed by atoms with Crippen LogP contribution in [-0.2, 0) is 4.79 Å². The first-order valence-electron chi connectivity index (χ1n) is 7.93. The molecule has 0 saturated carbocycles. The lowest BCUT2D eigenvalue weighted by molar-refractivity contribution is -0.117. The summed E-state index contributed by atoms with van der Waals surface area (Å²) in [5.74, 6) is 6.67. The Morgan fingerprint density at radius 1 is 1.15 bits per heavy atom. The third-order valence-corrected chi connectivity index (χ3v) is 5.62. The number of nitrogens with zero attached hydrogens (tertiary/aromatic N) is 4. The van der Waals surface area contributed by atoms with E-state index < -0.39 is 0 Å². The number of nitrogens with two attached hydrogens (primary N) is 1. The molecule has 3 aromatic rings. The number of carbonyl (C=O) groups is 1. The van der Waals surface area contributed by atoms with Crippen molar-refractivity contribution in [2.75, 3.05) is 17.8 Å². The highest BCUT2D eigenvalue weighted by Gasteiger charge is 2.23. The third-order valence-electron chi connectivity index (χ3n) is 3.88. The summed E-state index contributed by atoms with van der Waals surface area (Å²) in [4.78, 5) is 14.3. The molecular formula is C18H18BrN5OS. The van der Waals surface area contributed by atoms with E-state index >= 15 is 0 Å². The van der Waals surface area contributed by atoms with Crippen molar-refractivity contribution in [1.82, 2.24) is 14.9 Å². The summed E-state index contributed by atoms with van der Waals surface area (Å²) < 4.78 is 2.29. The molecule has 0 aliphatic heterocycles. The molecule has 3 rings (SSSR count).